The van der Waals surface area contributed by atoms with E-state index in [9.17, 15) is 0 Å². The molecule has 1 aromatic carbocycles. The number of rotatable bonds is 6. The average Bonchev–Trinajstić information content (AvgIpc) is 2.54. The number of hydrogen-bond donors (Lipinski definition) is 3. The fourth-order valence-electron chi connectivity index (χ4n) is 1.89. The molecule has 4 N–H and O–H groups in total. The second-order valence-corrected chi connectivity index (χ2v) is 4.40. The van der Waals surface area contributed by atoms with Crippen LogP contribution in [0.4, 0.5) is 0 Å². The van der Waals surface area contributed by atoms with Crippen molar-refractivity contribution in [3.63, 3.8) is 0 Å². The fraction of sp³-hybridized carbons (Fsp3) is 0.200. The van der Waals surface area contributed by atoms with Crippen molar-refractivity contribution in [3.8, 4) is 5.75 Å². The van der Waals surface area contributed by atoms with Gasteiger partial charge in [0.2, 0.25) is 0 Å². The summed E-state index contributed by atoms with van der Waals surface area (Å²) in [6.45, 7) is 0.403. The monoisotopic (exact) mass is 287 g/mol. The maximum atomic E-state index is 9.04. The van der Waals surface area contributed by atoms with Crippen LogP contribution in [0.1, 0.15) is 16.8 Å². The van der Waals surface area contributed by atoms with Gasteiger partial charge in [0.1, 0.15) is 18.1 Å². The molecule has 21 heavy (non-hydrogen) atoms. The van der Waals surface area contributed by atoms with Crippen LogP contribution >= 0.6 is 0 Å². The van der Waals surface area contributed by atoms with Gasteiger partial charge < -0.3 is 20.8 Å². The first-order valence-electron chi connectivity index (χ1n) is 6.49. The largest absolute Gasteiger partial charge is 0.489 e. The Bertz CT molecular complexity index is 629. The van der Waals surface area contributed by atoms with Crippen LogP contribution in [0.3, 0.4) is 0 Å². The molecule has 0 aliphatic carbocycles. The van der Waals surface area contributed by atoms with E-state index in [0.717, 1.165) is 16.9 Å². The number of nitrogens with zero attached hydrogens (tertiary/aromatic N) is 2. The molecule has 1 heterocycles. The lowest BCUT2D eigenvalue weighted by atomic mass is 10.1. The average molecular weight is 287 g/mol. The fourth-order valence-corrected chi connectivity index (χ4v) is 1.89. The molecule has 0 amide bonds. The standard InChI is InChI=1S/C15H17N3O3/c16-15(18-20)13-9-11(5-7-17-13)10-21-14-4-2-1-3-12(14)6-8-19/h1-5,7,9,19-20H,6,8,10H2,(H2,16,18). The molecule has 0 aliphatic heterocycles. The Labute approximate surface area is 122 Å². The minimum atomic E-state index is -0.0440. The zero-order valence-corrected chi connectivity index (χ0v) is 11.4. The van der Waals surface area contributed by atoms with Gasteiger partial charge >= 0.3 is 0 Å². The summed E-state index contributed by atoms with van der Waals surface area (Å²) in [5, 5.41) is 20.6. The second-order valence-electron chi connectivity index (χ2n) is 4.40. The molecule has 0 saturated heterocycles. The Morgan fingerprint density at radius 2 is 2.10 bits per heavy atom. The number of amidine groups is 1. The van der Waals surface area contributed by atoms with Gasteiger partial charge in [0, 0.05) is 12.8 Å². The number of aliphatic hydroxyl groups excluding tert-OH is 1. The van der Waals surface area contributed by atoms with Crippen LogP contribution in [0.5, 0.6) is 5.75 Å². The number of pyridine rings is 1. The van der Waals surface area contributed by atoms with E-state index in [1.54, 1.807) is 18.3 Å². The summed E-state index contributed by atoms with van der Waals surface area (Å²) < 4.78 is 5.76. The Morgan fingerprint density at radius 3 is 2.86 bits per heavy atom. The molecule has 0 atom stereocenters. The van der Waals surface area contributed by atoms with E-state index in [4.69, 9.17) is 20.8 Å². The van der Waals surface area contributed by atoms with Crippen molar-refractivity contribution >= 4 is 5.84 Å². The molecule has 6 heteroatoms. The number of benzene rings is 1. The molecule has 0 fully saturated rings. The van der Waals surface area contributed by atoms with Crippen molar-refractivity contribution in [1.82, 2.24) is 4.98 Å². The predicted molar refractivity (Wildman–Crippen MR) is 78.3 cm³/mol. The molecule has 0 bridgehead atoms. The highest BCUT2D eigenvalue weighted by Gasteiger charge is 2.05. The quantitative estimate of drug-likeness (QED) is 0.322. The molecule has 2 aromatic rings. The Kier molecular flexibility index (Phi) is 5.11. The zero-order chi connectivity index (χ0) is 15.1. The van der Waals surface area contributed by atoms with E-state index in [1.807, 2.05) is 24.3 Å². The van der Waals surface area contributed by atoms with Crippen LogP contribution in [0.25, 0.3) is 0 Å². The van der Waals surface area contributed by atoms with Gasteiger partial charge in [-0.1, -0.05) is 23.4 Å². The van der Waals surface area contributed by atoms with Crippen molar-refractivity contribution in [2.75, 3.05) is 6.61 Å². The van der Waals surface area contributed by atoms with Crippen molar-refractivity contribution in [3.05, 3.63) is 59.4 Å². The van der Waals surface area contributed by atoms with E-state index in [-0.39, 0.29) is 12.4 Å². The highest BCUT2D eigenvalue weighted by Crippen LogP contribution is 2.19. The normalized spacial score (nSPS) is 11.4. The second kappa shape index (κ2) is 7.25. The highest BCUT2D eigenvalue weighted by molar-refractivity contribution is 5.95. The molecule has 0 saturated carbocycles. The topological polar surface area (TPSA) is 101 Å². The molecule has 2 rings (SSSR count). The summed E-state index contributed by atoms with van der Waals surface area (Å²) in [6.07, 6.45) is 2.12. The van der Waals surface area contributed by atoms with E-state index in [2.05, 4.69) is 10.1 Å². The maximum Gasteiger partial charge on any atom is 0.188 e. The lowest BCUT2D eigenvalue weighted by Crippen LogP contribution is -2.15. The molecular weight excluding hydrogens is 270 g/mol. The van der Waals surface area contributed by atoms with Gasteiger partial charge in [-0.2, -0.15) is 0 Å². The SMILES string of the molecule is N/C(=N/O)c1cc(COc2ccccc2CCO)ccn1. The molecular formula is C15H17N3O3. The molecule has 0 unspecified atom stereocenters. The van der Waals surface area contributed by atoms with Crippen molar-refractivity contribution in [2.24, 2.45) is 10.9 Å². The van der Waals surface area contributed by atoms with Gasteiger partial charge in [-0.25, -0.2) is 0 Å². The Morgan fingerprint density at radius 1 is 1.29 bits per heavy atom. The smallest absolute Gasteiger partial charge is 0.188 e. The van der Waals surface area contributed by atoms with Crippen LogP contribution < -0.4 is 10.5 Å². The molecule has 1 aromatic heterocycles. The third kappa shape index (κ3) is 3.93. The first-order chi connectivity index (χ1) is 10.2. The third-order valence-electron chi connectivity index (χ3n) is 2.94. The van der Waals surface area contributed by atoms with Crippen molar-refractivity contribution in [1.29, 1.82) is 0 Å². The van der Waals surface area contributed by atoms with Crippen molar-refractivity contribution < 1.29 is 15.1 Å². The number of hydrogen-bond acceptors (Lipinski definition) is 5. The lowest BCUT2D eigenvalue weighted by molar-refractivity contribution is 0.284. The molecule has 110 valence electrons. The minimum absolute atomic E-state index is 0.0440. The van der Waals surface area contributed by atoms with Gasteiger partial charge in [0.05, 0.1) is 0 Å². The summed E-state index contributed by atoms with van der Waals surface area (Å²) in [5.41, 5.74) is 7.70. The van der Waals surface area contributed by atoms with Crippen LogP contribution in [-0.4, -0.2) is 27.7 Å². The van der Waals surface area contributed by atoms with Crippen LogP contribution in [-0.2, 0) is 13.0 Å². The van der Waals surface area contributed by atoms with Gasteiger partial charge in [-0.3, -0.25) is 4.98 Å². The Balaban J connectivity index is 2.10. The predicted octanol–water partition coefficient (Wildman–Crippen LogP) is 1.29. The summed E-state index contributed by atoms with van der Waals surface area (Å²) >= 11 is 0. The van der Waals surface area contributed by atoms with E-state index in [1.165, 1.54) is 0 Å². The number of para-hydroxylation sites is 1. The highest BCUT2D eigenvalue weighted by atomic mass is 16.5. The third-order valence-corrected chi connectivity index (χ3v) is 2.94. The zero-order valence-electron chi connectivity index (χ0n) is 11.4. The molecule has 6 nitrogen and oxygen atoms in total. The first-order valence-corrected chi connectivity index (χ1v) is 6.49. The number of oxime groups is 1. The van der Waals surface area contributed by atoms with Gasteiger partial charge in [-0.05, 0) is 35.7 Å². The van der Waals surface area contributed by atoms with Gasteiger partial charge in [0.25, 0.3) is 0 Å². The number of aromatic nitrogens is 1. The number of nitrogens with two attached hydrogens (primary N) is 1. The number of aliphatic hydroxyl groups is 1. The molecule has 0 radical (unpaired) electrons. The van der Waals surface area contributed by atoms with Crippen LogP contribution in [0.2, 0.25) is 0 Å². The minimum Gasteiger partial charge on any atom is -0.489 e. The molecule has 0 aliphatic rings. The number of ether oxygens (including phenoxy) is 1. The van der Waals surface area contributed by atoms with Crippen LogP contribution in [0.15, 0.2) is 47.8 Å². The molecule has 0 spiro atoms. The van der Waals surface area contributed by atoms with Gasteiger partial charge in [0.15, 0.2) is 5.84 Å². The summed E-state index contributed by atoms with van der Waals surface area (Å²) in [7, 11) is 0. The van der Waals surface area contributed by atoms with E-state index in [0.29, 0.717) is 18.7 Å². The summed E-state index contributed by atoms with van der Waals surface area (Å²) in [5.74, 6) is 0.686. The summed E-state index contributed by atoms with van der Waals surface area (Å²) in [6, 6.07) is 11.1. The van der Waals surface area contributed by atoms with Crippen LogP contribution in [0, 0.1) is 0 Å². The Hall–Kier alpha value is -2.60. The maximum absolute atomic E-state index is 9.04. The first kappa shape index (κ1) is 14.8. The van der Waals surface area contributed by atoms with E-state index < -0.39 is 0 Å². The summed E-state index contributed by atoms with van der Waals surface area (Å²) in [4.78, 5) is 4.01. The van der Waals surface area contributed by atoms with Gasteiger partial charge in [-0.15, -0.1) is 0 Å². The van der Waals surface area contributed by atoms with Crippen molar-refractivity contribution in [2.45, 2.75) is 13.0 Å². The lowest BCUT2D eigenvalue weighted by Gasteiger charge is -2.11. The van der Waals surface area contributed by atoms with E-state index >= 15 is 0 Å².